The number of hydrogen-bond acceptors (Lipinski definition) is 2. The molecule has 0 atom stereocenters. The maximum Gasteiger partial charge on any atom is 0.163 e. The Balaban J connectivity index is 2.74. The lowest BCUT2D eigenvalue weighted by molar-refractivity contribution is 0.101. The van der Waals surface area contributed by atoms with Crippen LogP contribution in [0.15, 0.2) is 18.2 Å². The van der Waals surface area contributed by atoms with E-state index in [0.717, 1.165) is 18.4 Å². The minimum absolute atomic E-state index is 0.0789. The van der Waals surface area contributed by atoms with E-state index < -0.39 is 0 Å². The van der Waals surface area contributed by atoms with E-state index in [-0.39, 0.29) is 11.5 Å². The fourth-order valence-corrected chi connectivity index (χ4v) is 1.60. The molecule has 2 nitrogen and oxygen atoms in total. The fourth-order valence-electron chi connectivity index (χ4n) is 1.60. The van der Waals surface area contributed by atoms with E-state index in [1.165, 1.54) is 19.8 Å². The number of Topliss-reactive ketones (excluding diaryl/α,β-unsaturated/α-hetero) is 1. The number of phenols is 1. The van der Waals surface area contributed by atoms with Crippen LogP contribution in [-0.2, 0) is 6.42 Å². The maximum atomic E-state index is 11.2. The normalized spacial score (nSPS) is 10.3. The number of ketones is 1. The lowest BCUT2D eigenvalue weighted by Gasteiger charge is -2.05. The molecule has 1 aromatic rings. The van der Waals surface area contributed by atoms with Gasteiger partial charge in [0.25, 0.3) is 0 Å². The average Bonchev–Trinajstić information content (AvgIpc) is 2.20. The van der Waals surface area contributed by atoms with Gasteiger partial charge in [0, 0.05) is 0 Å². The molecule has 0 unspecified atom stereocenters. The third kappa shape index (κ3) is 3.39. The molecular weight excluding hydrogens is 188 g/mol. The highest BCUT2D eigenvalue weighted by Crippen LogP contribution is 2.20. The Bertz CT molecular complexity index is 342. The van der Waals surface area contributed by atoms with Crippen LogP contribution in [0.4, 0.5) is 0 Å². The molecule has 0 spiro atoms. The fraction of sp³-hybridized carbons (Fsp3) is 0.462. The molecule has 1 aromatic carbocycles. The first kappa shape index (κ1) is 11.8. The van der Waals surface area contributed by atoms with Crippen molar-refractivity contribution in [2.24, 2.45) is 0 Å². The lowest BCUT2D eigenvalue weighted by atomic mass is 10.0. The molecule has 0 aliphatic rings. The Hall–Kier alpha value is -1.31. The number of rotatable bonds is 5. The van der Waals surface area contributed by atoms with Crippen LogP contribution in [0.2, 0.25) is 0 Å². The number of phenolic OH excluding ortho intramolecular Hbond substituents is 1. The van der Waals surface area contributed by atoms with Gasteiger partial charge in [-0.05, 0) is 37.5 Å². The maximum absolute atomic E-state index is 11.2. The van der Waals surface area contributed by atoms with Crippen LogP contribution < -0.4 is 0 Å². The molecule has 0 heterocycles. The van der Waals surface area contributed by atoms with Crippen molar-refractivity contribution >= 4 is 5.78 Å². The first-order valence-corrected chi connectivity index (χ1v) is 5.48. The van der Waals surface area contributed by atoms with Gasteiger partial charge in [0.15, 0.2) is 5.78 Å². The summed E-state index contributed by atoms with van der Waals surface area (Å²) in [5, 5.41) is 9.46. The smallest absolute Gasteiger partial charge is 0.163 e. The molecule has 82 valence electrons. The summed E-state index contributed by atoms with van der Waals surface area (Å²) in [5.74, 6) is 0.00610. The zero-order valence-corrected chi connectivity index (χ0v) is 9.42. The van der Waals surface area contributed by atoms with Gasteiger partial charge in [0.2, 0.25) is 0 Å². The van der Waals surface area contributed by atoms with Gasteiger partial charge in [-0.3, -0.25) is 4.79 Å². The molecule has 2 heteroatoms. The molecule has 15 heavy (non-hydrogen) atoms. The summed E-state index contributed by atoms with van der Waals surface area (Å²) in [6.45, 7) is 3.64. The molecule has 0 fully saturated rings. The first-order chi connectivity index (χ1) is 7.15. The van der Waals surface area contributed by atoms with Crippen LogP contribution in [0.1, 0.15) is 49.0 Å². The van der Waals surface area contributed by atoms with Crippen molar-refractivity contribution in [3.8, 4) is 5.75 Å². The molecule has 0 saturated heterocycles. The van der Waals surface area contributed by atoms with E-state index >= 15 is 0 Å². The van der Waals surface area contributed by atoms with Crippen molar-refractivity contribution in [2.45, 2.75) is 39.5 Å². The van der Waals surface area contributed by atoms with Crippen molar-refractivity contribution in [3.63, 3.8) is 0 Å². The second-order valence-corrected chi connectivity index (χ2v) is 3.86. The molecule has 1 N–H and O–H groups in total. The number of aromatic hydroxyl groups is 1. The van der Waals surface area contributed by atoms with Crippen LogP contribution in [0.25, 0.3) is 0 Å². The van der Waals surface area contributed by atoms with Gasteiger partial charge in [-0.2, -0.15) is 0 Å². The van der Waals surface area contributed by atoms with Gasteiger partial charge in [0.05, 0.1) is 5.56 Å². The van der Waals surface area contributed by atoms with Gasteiger partial charge < -0.3 is 5.11 Å². The Morgan fingerprint density at radius 2 is 2.07 bits per heavy atom. The Morgan fingerprint density at radius 1 is 1.33 bits per heavy atom. The van der Waals surface area contributed by atoms with Crippen LogP contribution in [0, 0.1) is 0 Å². The van der Waals surface area contributed by atoms with Gasteiger partial charge in [0.1, 0.15) is 5.75 Å². The van der Waals surface area contributed by atoms with Crippen LogP contribution in [0.5, 0.6) is 5.75 Å². The highest BCUT2D eigenvalue weighted by molar-refractivity contribution is 5.96. The summed E-state index contributed by atoms with van der Waals surface area (Å²) in [4.78, 5) is 11.2. The second kappa shape index (κ2) is 5.54. The molecule has 0 aromatic heterocycles. The zero-order valence-electron chi connectivity index (χ0n) is 9.42. The van der Waals surface area contributed by atoms with Gasteiger partial charge in [-0.1, -0.05) is 25.8 Å². The van der Waals surface area contributed by atoms with E-state index in [4.69, 9.17) is 0 Å². The summed E-state index contributed by atoms with van der Waals surface area (Å²) in [5.41, 5.74) is 1.57. The predicted molar refractivity (Wildman–Crippen MR) is 61.3 cm³/mol. The van der Waals surface area contributed by atoms with Crippen molar-refractivity contribution in [2.75, 3.05) is 0 Å². The summed E-state index contributed by atoms with van der Waals surface area (Å²) < 4.78 is 0. The number of hydrogen-bond donors (Lipinski definition) is 1. The third-order valence-corrected chi connectivity index (χ3v) is 2.51. The molecule has 0 amide bonds. The topological polar surface area (TPSA) is 37.3 Å². The number of carbonyl (C=O) groups is 1. The summed E-state index contributed by atoms with van der Waals surface area (Å²) in [6, 6.07) is 5.29. The van der Waals surface area contributed by atoms with E-state index in [9.17, 15) is 9.90 Å². The minimum Gasteiger partial charge on any atom is -0.507 e. The van der Waals surface area contributed by atoms with Crippen molar-refractivity contribution in [1.82, 2.24) is 0 Å². The minimum atomic E-state index is -0.0789. The summed E-state index contributed by atoms with van der Waals surface area (Å²) in [6.07, 6.45) is 4.51. The molecular formula is C13H18O2. The Labute approximate surface area is 90.9 Å². The number of carbonyl (C=O) groups excluding carboxylic acids is 1. The lowest BCUT2D eigenvalue weighted by Crippen LogP contribution is -1.95. The van der Waals surface area contributed by atoms with Gasteiger partial charge in [-0.25, -0.2) is 0 Å². The number of benzene rings is 1. The second-order valence-electron chi connectivity index (χ2n) is 3.86. The molecule has 1 rings (SSSR count). The quantitative estimate of drug-likeness (QED) is 0.592. The van der Waals surface area contributed by atoms with Crippen LogP contribution in [-0.4, -0.2) is 10.9 Å². The van der Waals surface area contributed by atoms with Crippen molar-refractivity contribution in [3.05, 3.63) is 29.3 Å². The molecule has 0 radical (unpaired) electrons. The third-order valence-electron chi connectivity index (χ3n) is 2.51. The van der Waals surface area contributed by atoms with E-state index in [2.05, 4.69) is 6.92 Å². The van der Waals surface area contributed by atoms with E-state index in [0.29, 0.717) is 5.56 Å². The number of aryl methyl sites for hydroxylation is 1. The summed E-state index contributed by atoms with van der Waals surface area (Å²) in [7, 11) is 0. The predicted octanol–water partition coefficient (Wildman–Crippen LogP) is 3.33. The highest BCUT2D eigenvalue weighted by Gasteiger charge is 2.06. The van der Waals surface area contributed by atoms with Crippen LogP contribution >= 0.6 is 0 Å². The van der Waals surface area contributed by atoms with Crippen molar-refractivity contribution in [1.29, 1.82) is 0 Å². The Morgan fingerprint density at radius 3 is 2.67 bits per heavy atom. The Kier molecular flexibility index (Phi) is 4.35. The molecule has 0 bridgehead atoms. The highest BCUT2D eigenvalue weighted by atomic mass is 16.3. The van der Waals surface area contributed by atoms with Gasteiger partial charge >= 0.3 is 0 Å². The zero-order chi connectivity index (χ0) is 11.3. The van der Waals surface area contributed by atoms with E-state index in [1.807, 2.05) is 6.07 Å². The van der Waals surface area contributed by atoms with Crippen molar-refractivity contribution < 1.29 is 9.90 Å². The first-order valence-electron chi connectivity index (χ1n) is 5.48. The molecule has 0 aliphatic carbocycles. The monoisotopic (exact) mass is 206 g/mol. The molecule has 0 saturated carbocycles. The van der Waals surface area contributed by atoms with Crippen LogP contribution in [0.3, 0.4) is 0 Å². The number of unbranched alkanes of at least 4 members (excludes halogenated alkanes) is 2. The largest absolute Gasteiger partial charge is 0.507 e. The average molecular weight is 206 g/mol. The van der Waals surface area contributed by atoms with E-state index in [1.54, 1.807) is 12.1 Å². The standard InChI is InChI=1S/C13H18O2/c1-3-4-5-6-11-7-8-13(15)12(9-11)10(2)14/h7-9,15H,3-6H2,1-2H3. The SMILES string of the molecule is CCCCCc1ccc(O)c(C(C)=O)c1. The van der Waals surface area contributed by atoms with Gasteiger partial charge in [-0.15, -0.1) is 0 Å². The summed E-state index contributed by atoms with van der Waals surface area (Å²) >= 11 is 0. The molecule has 0 aliphatic heterocycles.